The van der Waals surface area contributed by atoms with E-state index in [1.165, 1.54) is 22.7 Å². The van der Waals surface area contributed by atoms with Gasteiger partial charge in [-0.1, -0.05) is 30.3 Å². The van der Waals surface area contributed by atoms with E-state index in [-0.39, 0.29) is 10.8 Å². The molecule has 3 aromatic carbocycles. The van der Waals surface area contributed by atoms with E-state index in [9.17, 15) is 21.6 Å². The average molecular weight is 569 g/mol. The summed E-state index contributed by atoms with van der Waals surface area (Å²) in [5.41, 5.74) is 3.12. The SMILES string of the molecule is CN(C)S(=O)(=O)c1ccc2c(c1)CCN2C(=O)c1cccc(CN2CCN(S(=O)(=O)c3ccccc3)CC2)c1. The summed E-state index contributed by atoms with van der Waals surface area (Å²) in [4.78, 5) is 17.9. The van der Waals surface area contributed by atoms with Crippen LogP contribution in [0.15, 0.2) is 82.6 Å². The third-order valence-corrected chi connectivity index (χ3v) is 11.0. The molecule has 1 fully saturated rings. The molecule has 3 aromatic rings. The highest BCUT2D eigenvalue weighted by Gasteiger charge is 2.30. The van der Waals surface area contributed by atoms with Crippen molar-refractivity contribution in [2.75, 3.05) is 51.7 Å². The van der Waals surface area contributed by atoms with Crippen LogP contribution in [0.1, 0.15) is 21.5 Å². The fourth-order valence-corrected chi connectivity index (χ4v) is 7.44. The highest BCUT2D eigenvalue weighted by Crippen LogP contribution is 2.32. The summed E-state index contributed by atoms with van der Waals surface area (Å²) in [7, 11) is -4.05. The number of carbonyl (C=O) groups is 1. The standard InChI is InChI=1S/C28H32N4O5S2/c1-29(2)38(34,35)26-11-12-27-23(20-26)13-14-32(27)28(33)24-8-6-7-22(19-24)21-30-15-17-31(18-16-30)39(36,37)25-9-4-3-5-10-25/h3-12,19-20H,13-18,21H2,1-2H3. The third-order valence-electron chi connectivity index (χ3n) is 7.26. The number of amides is 1. The molecule has 2 aliphatic heterocycles. The minimum atomic E-state index is -3.55. The van der Waals surface area contributed by atoms with Gasteiger partial charge in [0.15, 0.2) is 0 Å². The van der Waals surface area contributed by atoms with Gasteiger partial charge in [0.2, 0.25) is 20.0 Å². The second kappa shape index (κ2) is 10.8. The maximum absolute atomic E-state index is 13.4. The Morgan fingerprint density at radius 3 is 2.21 bits per heavy atom. The topological polar surface area (TPSA) is 98.3 Å². The number of fused-ring (bicyclic) bond motifs is 1. The molecule has 9 nitrogen and oxygen atoms in total. The molecule has 0 unspecified atom stereocenters. The van der Waals surface area contributed by atoms with E-state index in [0.29, 0.717) is 56.1 Å². The first-order chi connectivity index (χ1) is 18.6. The first kappa shape index (κ1) is 27.5. The van der Waals surface area contributed by atoms with Crippen molar-refractivity contribution in [3.05, 3.63) is 89.5 Å². The second-order valence-corrected chi connectivity index (χ2v) is 14.1. The Bertz CT molecular complexity index is 1580. The maximum atomic E-state index is 13.4. The smallest absolute Gasteiger partial charge is 0.258 e. The van der Waals surface area contributed by atoms with Crippen molar-refractivity contribution in [2.24, 2.45) is 0 Å². The Hall–Kier alpha value is -3.09. The predicted octanol–water partition coefficient (Wildman–Crippen LogP) is 2.65. The van der Waals surface area contributed by atoms with Crippen molar-refractivity contribution in [1.82, 2.24) is 13.5 Å². The molecular formula is C28H32N4O5S2. The maximum Gasteiger partial charge on any atom is 0.258 e. The van der Waals surface area contributed by atoms with Crippen LogP contribution in [0.25, 0.3) is 0 Å². The quantitative estimate of drug-likeness (QED) is 0.435. The van der Waals surface area contributed by atoms with E-state index in [0.717, 1.165) is 16.8 Å². The van der Waals surface area contributed by atoms with Crippen molar-refractivity contribution < 1.29 is 21.6 Å². The van der Waals surface area contributed by atoms with Crippen molar-refractivity contribution in [3.8, 4) is 0 Å². The molecule has 5 rings (SSSR count). The summed E-state index contributed by atoms with van der Waals surface area (Å²) in [5.74, 6) is -0.127. The predicted molar refractivity (Wildman–Crippen MR) is 150 cm³/mol. The van der Waals surface area contributed by atoms with Gasteiger partial charge in [-0.15, -0.1) is 0 Å². The summed E-state index contributed by atoms with van der Waals surface area (Å²) in [6.45, 7) is 3.12. The van der Waals surface area contributed by atoms with Crippen molar-refractivity contribution in [2.45, 2.75) is 22.8 Å². The van der Waals surface area contributed by atoms with E-state index >= 15 is 0 Å². The number of piperazine rings is 1. The number of rotatable bonds is 7. The summed E-state index contributed by atoms with van der Waals surface area (Å²) in [6, 6.07) is 20.9. The molecule has 0 aromatic heterocycles. The fourth-order valence-electron chi connectivity index (χ4n) is 5.05. The number of carbonyl (C=O) groups excluding carboxylic acids is 1. The zero-order valence-electron chi connectivity index (χ0n) is 22.0. The molecule has 39 heavy (non-hydrogen) atoms. The van der Waals surface area contributed by atoms with Crippen molar-refractivity contribution in [1.29, 1.82) is 0 Å². The number of anilines is 1. The van der Waals surface area contributed by atoms with Gasteiger partial charge in [0.1, 0.15) is 0 Å². The number of hydrogen-bond acceptors (Lipinski definition) is 6. The molecule has 0 atom stereocenters. The molecule has 0 saturated carbocycles. The minimum absolute atomic E-state index is 0.127. The summed E-state index contributed by atoms with van der Waals surface area (Å²) in [5, 5.41) is 0. The monoisotopic (exact) mass is 568 g/mol. The zero-order valence-corrected chi connectivity index (χ0v) is 23.7. The fraction of sp³-hybridized carbons (Fsp3) is 0.321. The lowest BCUT2D eigenvalue weighted by Gasteiger charge is -2.34. The Balaban J connectivity index is 1.24. The van der Waals surface area contributed by atoms with Crippen LogP contribution in [-0.2, 0) is 33.0 Å². The molecule has 206 valence electrons. The largest absolute Gasteiger partial charge is 0.308 e. The van der Waals surface area contributed by atoms with E-state index in [1.54, 1.807) is 59.5 Å². The van der Waals surface area contributed by atoms with Crippen LogP contribution in [0.3, 0.4) is 0 Å². The molecule has 0 N–H and O–H groups in total. The number of hydrogen-bond donors (Lipinski definition) is 0. The molecule has 0 bridgehead atoms. The van der Waals surface area contributed by atoms with Gasteiger partial charge in [-0.2, -0.15) is 4.31 Å². The molecule has 2 aliphatic rings. The van der Waals surface area contributed by atoms with Crippen LogP contribution in [0.2, 0.25) is 0 Å². The first-order valence-corrected chi connectivity index (χ1v) is 15.7. The minimum Gasteiger partial charge on any atom is -0.308 e. The van der Waals surface area contributed by atoms with E-state index in [4.69, 9.17) is 0 Å². The van der Waals surface area contributed by atoms with Gasteiger partial charge >= 0.3 is 0 Å². The highest BCUT2D eigenvalue weighted by molar-refractivity contribution is 7.89. The summed E-state index contributed by atoms with van der Waals surface area (Å²) >= 11 is 0. The van der Waals surface area contributed by atoms with Gasteiger partial charge in [0, 0.05) is 64.6 Å². The van der Waals surface area contributed by atoms with Gasteiger partial charge in [-0.3, -0.25) is 9.69 Å². The van der Waals surface area contributed by atoms with Gasteiger partial charge in [0.05, 0.1) is 9.79 Å². The van der Waals surface area contributed by atoms with Gasteiger partial charge in [-0.05, 0) is 60.0 Å². The van der Waals surface area contributed by atoms with Crippen LogP contribution < -0.4 is 4.90 Å². The Kier molecular flexibility index (Phi) is 7.62. The number of sulfonamides is 2. The number of benzene rings is 3. The third kappa shape index (κ3) is 5.50. The zero-order chi connectivity index (χ0) is 27.8. The Morgan fingerprint density at radius 1 is 0.795 bits per heavy atom. The van der Waals surface area contributed by atoms with Crippen LogP contribution in [-0.4, -0.2) is 83.1 Å². The molecule has 0 spiro atoms. The van der Waals surface area contributed by atoms with Crippen LogP contribution >= 0.6 is 0 Å². The second-order valence-electron chi connectivity index (χ2n) is 9.98. The molecule has 1 saturated heterocycles. The lowest BCUT2D eigenvalue weighted by Crippen LogP contribution is -2.48. The van der Waals surface area contributed by atoms with Crippen LogP contribution in [0.4, 0.5) is 5.69 Å². The molecule has 1 amide bonds. The van der Waals surface area contributed by atoms with Gasteiger partial charge in [0.25, 0.3) is 5.91 Å². The molecular weight excluding hydrogens is 536 g/mol. The Labute approximate surface area is 230 Å². The van der Waals surface area contributed by atoms with Crippen molar-refractivity contribution in [3.63, 3.8) is 0 Å². The van der Waals surface area contributed by atoms with E-state index < -0.39 is 20.0 Å². The van der Waals surface area contributed by atoms with Crippen LogP contribution in [0.5, 0.6) is 0 Å². The number of nitrogens with zero attached hydrogens (tertiary/aromatic N) is 4. The lowest BCUT2D eigenvalue weighted by atomic mass is 10.1. The van der Waals surface area contributed by atoms with Crippen molar-refractivity contribution >= 4 is 31.6 Å². The molecule has 11 heteroatoms. The van der Waals surface area contributed by atoms with Gasteiger partial charge < -0.3 is 4.90 Å². The molecule has 2 heterocycles. The molecule has 0 radical (unpaired) electrons. The first-order valence-electron chi connectivity index (χ1n) is 12.8. The normalized spacial score (nSPS) is 16.9. The lowest BCUT2D eigenvalue weighted by molar-refractivity contribution is 0.0989. The van der Waals surface area contributed by atoms with E-state index in [2.05, 4.69) is 4.90 Å². The highest BCUT2D eigenvalue weighted by atomic mass is 32.2. The summed E-state index contributed by atoms with van der Waals surface area (Å²) < 4.78 is 53.6. The Morgan fingerprint density at radius 2 is 1.51 bits per heavy atom. The average Bonchev–Trinajstić information content (AvgIpc) is 3.37. The van der Waals surface area contributed by atoms with Crippen LogP contribution in [0, 0.1) is 0 Å². The summed E-state index contributed by atoms with van der Waals surface area (Å²) in [6.07, 6.45) is 0.591. The van der Waals surface area contributed by atoms with Gasteiger partial charge in [-0.25, -0.2) is 21.1 Å². The van der Waals surface area contributed by atoms with E-state index in [1.807, 2.05) is 18.2 Å². The molecule has 0 aliphatic carbocycles.